The maximum atomic E-state index is 13.3. The van der Waals surface area contributed by atoms with E-state index in [0.29, 0.717) is 19.7 Å². The highest BCUT2D eigenvalue weighted by Crippen LogP contribution is 2.46. The molecule has 1 N–H and O–H groups in total. The molecule has 1 aromatic carbocycles. The summed E-state index contributed by atoms with van der Waals surface area (Å²) in [6.45, 7) is 6.82. The molecule has 0 spiro atoms. The Labute approximate surface area is 143 Å². The van der Waals surface area contributed by atoms with Crippen LogP contribution < -0.4 is 5.32 Å². The van der Waals surface area contributed by atoms with E-state index >= 15 is 0 Å². The van der Waals surface area contributed by atoms with Gasteiger partial charge in [0.2, 0.25) is 5.91 Å². The van der Waals surface area contributed by atoms with E-state index in [-0.39, 0.29) is 29.3 Å². The number of rotatable bonds is 5. The van der Waals surface area contributed by atoms with Gasteiger partial charge in [0, 0.05) is 37.7 Å². The van der Waals surface area contributed by atoms with Crippen LogP contribution in [0, 0.1) is 11.2 Å². The lowest BCUT2D eigenvalue weighted by atomic mass is 10.1. The Balaban J connectivity index is 1.54. The Morgan fingerprint density at radius 3 is 3.00 bits per heavy atom. The van der Waals surface area contributed by atoms with Gasteiger partial charge in [0.25, 0.3) is 0 Å². The summed E-state index contributed by atoms with van der Waals surface area (Å²) in [5, 5.41) is 3.41. The second-order valence-corrected chi connectivity index (χ2v) is 7.34. The topological polar surface area (TPSA) is 41.6 Å². The third kappa shape index (κ3) is 4.14. The van der Waals surface area contributed by atoms with Crippen molar-refractivity contribution in [1.29, 1.82) is 0 Å². The van der Waals surface area contributed by atoms with Crippen LogP contribution in [0.1, 0.15) is 44.7 Å². The lowest BCUT2D eigenvalue weighted by molar-refractivity contribution is -0.137. The predicted molar refractivity (Wildman–Crippen MR) is 91.1 cm³/mol. The van der Waals surface area contributed by atoms with E-state index in [1.165, 1.54) is 6.07 Å². The highest BCUT2D eigenvalue weighted by atomic mass is 19.1. The molecule has 0 aromatic heterocycles. The predicted octanol–water partition coefficient (Wildman–Crippen LogP) is 2.89. The van der Waals surface area contributed by atoms with Crippen LogP contribution in [0.5, 0.6) is 0 Å². The molecule has 4 nitrogen and oxygen atoms in total. The average molecular weight is 334 g/mol. The molecule has 3 rings (SSSR count). The van der Waals surface area contributed by atoms with Gasteiger partial charge in [-0.3, -0.25) is 4.79 Å². The molecule has 1 saturated carbocycles. The van der Waals surface area contributed by atoms with Crippen LogP contribution in [-0.2, 0) is 9.53 Å². The Bertz CT molecular complexity index is 588. The summed E-state index contributed by atoms with van der Waals surface area (Å²) in [6, 6.07) is 6.68. The number of nitrogens with one attached hydrogen (secondary N) is 1. The summed E-state index contributed by atoms with van der Waals surface area (Å²) < 4.78 is 19.2. The van der Waals surface area contributed by atoms with E-state index in [1.807, 2.05) is 17.9 Å². The minimum Gasteiger partial charge on any atom is -0.375 e. The molecular formula is C19H27FN2O2. The summed E-state index contributed by atoms with van der Waals surface area (Å²) in [5.74, 6) is 0.0532. The summed E-state index contributed by atoms with van der Waals surface area (Å²) in [6.07, 6.45) is 2.87. The number of hydrogen-bond acceptors (Lipinski definition) is 3. The fraction of sp³-hybridized carbons (Fsp3) is 0.632. The molecule has 1 aromatic rings. The highest BCUT2D eigenvalue weighted by molar-refractivity contribution is 5.84. The van der Waals surface area contributed by atoms with Gasteiger partial charge < -0.3 is 15.0 Å². The minimum atomic E-state index is -0.221. The maximum absolute atomic E-state index is 13.3. The summed E-state index contributed by atoms with van der Waals surface area (Å²) >= 11 is 0. The van der Waals surface area contributed by atoms with Gasteiger partial charge in [-0.15, -0.1) is 0 Å². The number of amides is 1. The number of benzene rings is 1. The van der Waals surface area contributed by atoms with Crippen molar-refractivity contribution in [2.45, 2.75) is 45.3 Å². The summed E-state index contributed by atoms with van der Waals surface area (Å²) in [7, 11) is 0. The molecule has 2 atom stereocenters. The number of hydrogen-bond donors (Lipinski definition) is 1. The van der Waals surface area contributed by atoms with Crippen LogP contribution in [-0.4, -0.2) is 43.2 Å². The van der Waals surface area contributed by atoms with E-state index in [4.69, 9.17) is 4.74 Å². The maximum Gasteiger partial charge on any atom is 0.228 e. The molecule has 132 valence electrons. The summed E-state index contributed by atoms with van der Waals surface area (Å²) in [5.41, 5.74) is 0.791. The second kappa shape index (κ2) is 7.19. The molecule has 24 heavy (non-hydrogen) atoms. The van der Waals surface area contributed by atoms with Gasteiger partial charge in [-0.2, -0.15) is 0 Å². The van der Waals surface area contributed by atoms with Crippen molar-refractivity contribution >= 4 is 5.91 Å². The van der Waals surface area contributed by atoms with Gasteiger partial charge in [-0.25, -0.2) is 4.39 Å². The molecule has 2 aliphatic rings. The number of carbonyl (C=O) groups excluding carboxylic acids is 1. The number of nitrogens with zero attached hydrogens (tertiary/aromatic N) is 1. The van der Waals surface area contributed by atoms with Crippen LogP contribution in [0.3, 0.4) is 0 Å². The zero-order valence-corrected chi connectivity index (χ0v) is 14.6. The van der Waals surface area contributed by atoms with Gasteiger partial charge >= 0.3 is 0 Å². The zero-order valence-electron chi connectivity index (χ0n) is 14.6. The van der Waals surface area contributed by atoms with Crippen molar-refractivity contribution in [3.8, 4) is 0 Å². The Hall–Kier alpha value is -1.46. The second-order valence-electron chi connectivity index (χ2n) is 7.34. The minimum absolute atomic E-state index is 0.0187. The third-order valence-electron chi connectivity index (χ3n) is 5.15. The molecule has 2 unspecified atom stereocenters. The Morgan fingerprint density at radius 2 is 2.29 bits per heavy atom. The molecule has 1 amide bonds. The van der Waals surface area contributed by atoms with Gasteiger partial charge in [0.15, 0.2) is 0 Å². The molecule has 2 fully saturated rings. The van der Waals surface area contributed by atoms with E-state index in [9.17, 15) is 9.18 Å². The molecule has 5 heteroatoms. The number of carbonyl (C=O) groups is 1. The SMILES string of the molecule is CC(NCC1CN(C(=O)C2(C)CC2)CCCO1)c1cccc(F)c1. The van der Waals surface area contributed by atoms with Crippen molar-refractivity contribution in [3.63, 3.8) is 0 Å². The molecule has 1 heterocycles. The average Bonchev–Trinajstić information content (AvgIpc) is 3.35. The monoisotopic (exact) mass is 334 g/mol. The van der Waals surface area contributed by atoms with Crippen LogP contribution >= 0.6 is 0 Å². The van der Waals surface area contributed by atoms with Crippen molar-refractivity contribution < 1.29 is 13.9 Å². The van der Waals surface area contributed by atoms with Crippen molar-refractivity contribution in [2.24, 2.45) is 5.41 Å². The largest absolute Gasteiger partial charge is 0.375 e. The molecule has 1 aliphatic carbocycles. The number of halogens is 1. The first-order chi connectivity index (χ1) is 11.5. The summed E-state index contributed by atoms with van der Waals surface area (Å²) in [4.78, 5) is 14.6. The molecule has 1 aliphatic heterocycles. The van der Waals surface area contributed by atoms with Crippen LogP contribution in [0.25, 0.3) is 0 Å². The number of ether oxygens (including phenoxy) is 1. The fourth-order valence-corrected chi connectivity index (χ4v) is 3.19. The van der Waals surface area contributed by atoms with Crippen molar-refractivity contribution in [1.82, 2.24) is 10.2 Å². The van der Waals surface area contributed by atoms with Crippen molar-refractivity contribution in [3.05, 3.63) is 35.6 Å². The standard InChI is InChI=1S/C19H27FN2O2/c1-14(15-5-3-6-16(20)11-15)21-12-17-13-22(9-4-10-24-17)18(23)19(2)7-8-19/h3,5-6,11,14,17,21H,4,7-10,12-13H2,1-2H3. The smallest absolute Gasteiger partial charge is 0.228 e. The quantitative estimate of drug-likeness (QED) is 0.900. The Kier molecular flexibility index (Phi) is 5.21. The molecule has 1 saturated heterocycles. The molecule has 0 radical (unpaired) electrons. The van der Waals surface area contributed by atoms with Crippen LogP contribution in [0.15, 0.2) is 24.3 Å². The van der Waals surface area contributed by atoms with Gasteiger partial charge in [-0.1, -0.05) is 19.1 Å². The third-order valence-corrected chi connectivity index (χ3v) is 5.15. The van der Waals surface area contributed by atoms with Gasteiger partial charge in [-0.05, 0) is 43.9 Å². The van der Waals surface area contributed by atoms with Gasteiger partial charge in [0.1, 0.15) is 5.82 Å². The normalized spacial score (nSPS) is 24.3. The van der Waals surface area contributed by atoms with E-state index in [1.54, 1.807) is 12.1 Å². The van der Waals surface area contributed by atoms with Crippen molar-refractivity contribution in [2.75, 3.05) is 26.2 Å². The highest BCUT2D eigenvalue weighted by Gasteiger charge is 2.47. The van der Waals surface area contributed by atoms with Crippen LogP contribution in [0.2, 0.25) is 0 Å². The fourth-order valence-electron chi connectivity index (χ4n) is 3.19. The Morgan fingerprint density at radius 1 is 1.50 bits per heavy atom. The van der Waals surface area contributed by atoms with E-state index < -0.39 is 0 Å². The first kappa shape index (κ1) is 17.4. The zero-order chi connectivity index (χ0) is 17.2. The lowest BCUT2D eigenvalue weighted by Gasteiger charge is -2.27. The molecular weight excluding hydrogens is 307 g/mol. The van der Waals surface area contributed by atoms with E-state index in [0.717, 1.165) is 31.4 Å². The van der Waals surface area contributed by atoms with Crippen LogP contribution in [0.4, 0.5) is 4.39 Å². The lowest BCUT2D eigenvalue weighted by Crippen LogP contribution is -2.43. The first-order valence-corrected chi connectivity index (χ1v) is 8.88. The molecule has 0 bridgehead atoms. The first-order valence-electron chi connectivity index (χ1n) is 8.88. The van der Waals surface area contributed by atoms with Gasteiger partial charge in [0.05, 0.1) is 6.10 Å². The van der Waals surface area contributed by atoms with E-state index in [2.05, 4.69) is 12.2 Å².